The standard InChI is InChI=1S/C25H29N5O/c1-4-20-7-5-6-8-22(20)27-25(31)30-15-13-29(14-16-30)23-17-19(3)26-24(28-23)21-11-9-18(2)10-12-21/h5-12,17H,4,13-16H2,1-3H3,(H,27,31). The average Bonchev–Trinajstić information content (AvgIpc) is 2.79. The number of aromatic nitrogens is 2. The lowest BCUT2D eigenvalue weighted by molar-refractivity contribution is 0.208. The fourth-order valence-electron chi connectivity index (χ4n) is 3.83. The lowest BCUT2D eigenvalue weighted by atomic mass is 10.1. The van der Waals surface area contributed by atoms with Gasteiger partial charge in [0.25, 0.3) is 0 Å². The van der Waals surface area contributed by atoms with Gasteiger partial charge in [-0.3, -0.25) is 0 Å². The third-order valence-electron chi connectivity index (χ3n) is 5.68. The van der Waals surface area contributed by atoms with Gasteiger partial charge in [0.05, 0.1) is 0 Å². The van der Waals surface area contributed by atoms with Crippen LogP contribution in [0.4, 0.5) is 16.3 Å². The van der Waals surface area contributed by atoms with Crippen LogP contribution < -0.4 is 10.2 Å². The molecule has 6 nitrogen and oxygen atoms in total. The lowest BCUT2D eigenvalue weighted by Crippen LogP contribution is -2.50. The second kappa shape index (κ2) is 9.16. The van der Waals surface area contributed by atoms with E-state index in [0.717, 1.165) is 53.7 Å². The van der Waals surface area contributed by atoms with E-state index in [1.807, 2.05) is 36.1 Å². The molecule has 1 N–H and O–H groups in total. The number of nitrogens with zero attached hydrogens (tertiary/aromatic N) is 4. The normalized spacial score (nSPS) is 13.9. The number of hydrogen-bond donors (Lipinski definition) is 1. The first-order chi connectivity index (χ1) is 15.0. The smallest absolute Gasteiger partial charge is 0.321 e. The molecule has 0 atom stereocenters. The van der Waals surface area contributed by atoms with Gasteiger partial charge in [-0.25, -0.2) is 14.8 Å². The molecule has 1 aliphatic heterocycles. The molecule has 0 spiro atoms. The Bertz CT molecular complexity index is 1060. The molecule has 2 amide bonds. The van der Waals surface area contributed by atoms with E-state index in [-0.39, 0.29) is 6.03 Å². The number of hydrogen-bond acceptors (Lipinski definition) is 4. The van der Waals surface area contributed by atoms with E-state index in [0.29, 0.717) is 13.1 Å². The van der Waals surface area contributed by atoms with Crippen LogP contribution in [0.3, 0.4) is 0 Å². The molecule has 0 unspecified atom stereocenters. The van der Waals surface area contributed by atoms with Crippen LogP contribution in [-0.4, -0.2) is 47.1 Å². The Labute approximate surface area is 183 Å². The number of carbonyl (C=O) groups is 1. The van der Waals surface area contributed by atoms with Gasteiger partial charge in [0.1, 0.15) is 5.82 Å². The molecule has 3 aromatic rings. The van der Waals surface area contributed by atoms with Gasteiger partial charge in [0.15, 0.2) is 5.82 Å². The maximum Gasteiger partial charge on any atom is 0.321 e. The van der Waals surface area contributed by atoms with Crippen LogP contribution in [0, 0.1) is 13.8 Å². The van der Waals surface area contributed by atoms with E-state index in [9.17, 15) is 4.79 Å². The summed E-state index contributed by atoms with van der Waals surface area (Å²) >= 11 is 0. The number of urea groups is 1. The summed E-state index contributed by atoms with van der Waals surface area (Å²) < 4.78 is 0. The van der Waals surface area contributed by atoms with Gasteiger partial charge in [0.2, 0.25) is 0 Å². The molecule has 1 aliphatic rings. The zero-order valence-corrected chi connectivity index (χ0v) is 18.4. The highest BCUT2D eigenvalue weighted by molar-refractivity contribution is 5.90. The Morgan fingerprint density at radius 1 is 0.968 bits per heavy atom. The van der Waals surface area contributed by atoms with Gasteiger partial charge in [-0.15, -0.1) is 0 Å². The number of aryl methyl sites for hydroxylation is 3. The fraction of sp³-hybridized carbons (Fsp3) is 0.320. The van der Waals surface area contributed by atoms with Crippen LogP contribution in [0.1, 0.15) is 23.7 Å². The average molecular weight is 416 g/mol. The number of benzene rings is 2. The molecular weight excluding hydrogens is 386 g/mol. The van der Waals surface area contributed by atoms with E-state index in [2.05, 4.69) is 59.4 Å². The third kappa shape index (κ3) is 4.85. The number of carbonyl (C=O) groups excluding carboxylic acids is 1. The summed E-state index contributed by atoms with van der Waals surface area (Å²) in [4.78, 5) is 26.3. The number of amides is 2. The molecule has 1 aromatic heterocycles. The Hall–Kier alpha value is -3.41. The van der Waals surface area contributed by atoms with Crippen molar-refractivity contribution in [2.75, 3.05) is 36.4 Å². The molecule has 1 saturated heterocycles. The van der Waals surface area contributed by atoms with E-state index in [1.165, 1.54) is 5.56 Å². The van der Waals surface area contributed by atoms with Crippen molar-refractivity contribution >= 4 is 17.5 Å². The summed E-state index contributed by atoms with van der Waals surface area (Å²) in [5.74, 6) is 1.66. The molecule has 0 bridgehead atoms. The minimum Gasteiger partial charge on any atom is -0.353 e. The van der Waals surface area contributed by atoms with Crippen LogP contribution in [0.5, 0.6) is 0 Å². The van der Waals surface area contributed by atoms with Crippen molar-refractivity contribution in [1.82, 2.24) is 14.9 Å². The maximum atomic E-state index is 12.8. The molecular formula is C25H29N5O. The molecule has 1 fully saturated rings. The first kappa shape index (κ1) is 20.8. The summed E-state index contributed by atoms with van der Waals surface area (Å²) in [7, 11) is 0. The fourth-order valence-corrected chi connectivity index (χ4v) is 3.83. The second-order valence-electron chi connectivity index (χ2n) is 7.97. The summed E-state index contributed by atoms with van der Waals surface area (Å²) in [6.07, 6.45) is 0.889. The summed E-state index contributed by atoms with van der Waals surface area (Å²) in [6, 6.07) is 18.2. The first-order valence-electron chi connectivity index (χ1n) is 10.8. The largest absolute Gasteiger partial charge is 0.353 e. The van der Waals surface area contributed by atoms with E-state index in [1.54, 1.807) is 0 Å². The molecule has 2 heterocycles. The number of nitrogens with one attached hydrogen (secondary N) is 1. The number of piperazine rings is 1. The van der Waals surface area contributed by atoms with Gasteiger partial charge in [-0.1, -0.05) is 55.0 Å². The first-order valence-corrected chi connectivity index (χ1v) is 10.8. The maximum absolute atomic E-state index is 12.8. The monoisotopic (exact) mass is 415 g/mol. The molecule has 0 aliphatic carbocycles. The Balaban J connectivity index is 1.43. The quantitative estimate of drug-likeness (QED) is 0.672. The Morgan fingerprint density at radius 2 is 1.68 bits per heavy atom. The van der Waals surface area contributed by atoms with Gasteiger partial charge < -0.3 is 15.1 Å². The van der Waals surface area contributed by atoms with Crippen molar-refractivity contribution in [3.63, 3.8) is 0 Å². The summed E-state index contributed by atoms with van der Waals surface area (Å²) in [5.41, 5.74) is 5.22. The number of anilines is 2. The van der Waals surface area contributed by atoms with Gasteiger partial charge in [-0.2, -0.15) is 0 Å². The third-order valence-corrected chi connectivity index (χ3v) is 5.68. The van der Waals surface area contributed by atoms with Crippen molar-refractivity contribution in [2.24, 2.45) is 0 Å². The highest BCUT2D eigenvalue weighted by Crippen LogP contribution is 2.22. The minimum atomic E-state index is -0.0419. The molecule has 31 heavy (non-hydrogen) atoms. The zero-order valence-electron chi connectivity index (χ0n) is 18.4. The Morgan fingerprint density at radius 3 is 2.39 bits per heavy atom. The molecule has 0 radical (unpaired) electrons. The van der Waals surface area contributed by atoms with Crippen LogP contribution in [0.15, 0.2) is 54.6 Å². The Kier molecular flexibility index (Phi) is 6.16. The van der Waals surface area contributed by atoms with Gasteiger partial charge >= 0.3 is 6.03 Å². The van der Waals surface area contributed by atoms with Crippen LogP contribution in [0.2, 0.25) is 0 Å². The van der Waals surface area contributed by atoms with Crippen LogP contribution in [0.25, 0.3) is 11.4 Å². The van der Waals surface area contributed by atoms with Crippen LogP contribution in [-0.2, 0) is 6.42 Å². The van der Waals surface area contributed by atoms with Crippen molar-refractivity contribution in [2.45, 2.75) is 27.2 Å². The molecule has 4 rings (SSSR count). The summed E-state index contributed by atoms with van der Waals surface area (Å²) in [5, 5.41) is 3.07. The van der Waals surface area contributed by atoms with E-state index in [4.69, 9.17) is 4.98 Å². The predicted octanol–water partition coefficient (Wildman–Crippen LogP) is 4.68. The molecule has 2 aromatic carbocycles. The van der Waals surface area contributed by atoms with E-state index >= 15 is 0 Å². The van der Waals surface area contributed by atoms with E-state index < -0.39 is 0 Å². The van der Waals surface area contributed by atoms with Gasteiger partial charge in [0, 0.05) is 49.2 Å². The number of para-hydroxylation sites is 1. The molecule has 160 valence electrons. The van der Waals surface area contributed by atoms with Crippen LogP contribution >= 0.6 is 0 Å². The predicted molar refractivity (Wildman–Crippen MR) is 126 cm³/mol. The van der Waals surface area contributed by atoms with Crippen molar-refractivity contribution < 1.29 is 4.79 Å². The van der Waals surface area contributed by atoms with Crippen molar-refractivity contribution in [3.8, 4) is 11.4 Å². The topological polar surface area (TPSA) is 61.4 Å². The SMILES string of the molecule is CCc1ccccc1NC(=O)N1CCN(c2cc(C)nc(-c3ccc(C)cc3)n2)CC1. The minimum absolute atomic E-state index is 0.0419. The summed E-state index contributed by atoms with van der Waals surface area (Å²) in [6.45, 7) is 8.96. The zero-order chi connectivity index (χ0) is 21.8. The molecule has 6 heteroatoms. The lowest BCUT2D eigenvalue weighted by Gasteiger charge is -2.35. The molecule has 0 saturated carbocycles. The van der Waals surface area contributed by atoms with Crippen molar-refractivity contribution in [1.29, 1.82) is 0 Å². The number of rotatable bonds is 4. The van der Waals surface area contributed by atoms with Gasteiger partial charge in [-0.05, 0) is 31.9 Å². The highest BCUT2D eigenvalue weighted by Gasteiger charge is 2.23. The van der Waals surface area contributed by atoms with Crippen molar-refractivity contribution in [3.05, 3.63) is 71.4 Å². The highest BCUT2D eigenvalue weighted by atomic mass is 16.2. The second-order valence-corrected chi connectivity index (χ2v) is 7.97.